The molecule has 0 radical (unpaired) electrons. The van der Waals surface area contributed by atoms with Gasteiger partial charge in [0.1, 0.15) is 5.82 Å². The van der Waals surface area contributed by atoms with Crippen molar-refractivity contribution in [1.82, 2.24) is 4.98 Å². The van der Waals surface area contributed by atoms with Crippen LogP contribution in [0.25, 0.3) is 0 Å². The van der Waals surface area contributed by atoms with Gasteiger partial charge in [-0.05, 0) is 6.92 Å². The highest BCUT2D eigenvalue weighted by atomic mass is 19.3. The van der Waals surface area contributed by atoms with Crippen LogP contribution in [0.5, 0.6) is 5.88 Å². The summed E-state index contributed by atoms with van der Waals surface area (Å²) in [5.74, 6) is 0.188. The molecule has 0 aliphatic carbocycles. The predicted molar refractivity (Wildman–Crippen MR) is 44.9 cm³/mol. The first-order valence-electron chi connectivity index (χ1n) is 3.65. The van der Waals surface area contributed by atoms with E-state index in [9.17, 15) is 8.78 Å². The normalized spacial score (nSPS) is 10.5. The molecular weight excluding hydrogens is 178 g/mol. The minimum atomic E-state index is -2.56. The number of rotatable bonds is 2. The Labute approximate surface area is 74.5 Å². The van der Waals surface area contributed by atoms with Crippen LogP contribution >= 0.6 is 0 Å². The summed E-state index contributed by atoms with van der Waals surface area (Å²) in [5.41, 5.74) is 5.58. The average Bonchev–Trinajstić information content (AvgIpc) is 2.09. The number of nitrogens with zero attached hydrogens (tertiary/aromatic N) is 1. The molecular formula is C8H10F2N2O. The van der Waals surface area contributed by atoms with Crippen LogP contribution in [0.2, 0.25) is 0 Å². The van der Waals surface area contributed by atoms with Gasteiger partial charge >= 0.3 is 0 Å². The molecule has 13 heavy (non-hydrogen) atoms. The van der Waals surface area contributed by atoms with Crippen LogP contribution in [-0.2, 0) is 0 Å². The van der Waals surface area contributed by atoms with Crippen LogP contribution in [-0.4, -0.2) is 12.1 Å². The van der Waals surface area contributed by atoms with Gasteiger partial charge < -0.3 is 10.5 Å². The second-order valence-electron chi connectivity index (χ2n) is 2.56. The van der Waals surface area contributed by atoms with Crippen LogP contribution in [0.15, 0.2) is 6.07 Å². The van der Waals surface area contributed by atoms with E-state index in [1.54, 1.807) is 0 Å². The second-order valence-corrected chi connectivity index (χ2v) is 2.56. The summed E-state index contributed by atoms with van der Waals surface area (Å²) in [6.07, 6.45) is -2.56. The summed E-state index contributed by atoms with van der Waals surface area (Å²) in [6.45, 7) is 1.50. The molecule has 0 amide bonds. The van der Waals surface area contributed by atoms with Crippen molar-refractivity contribution in [3.05, 3.63) is 17.2 Å². The lowest BCUT2D eigenvalue weighted by Crippen LogP contribution is -2.01. The number of halogens is 2. The first kappa shape index (κ1) is 9.70. The molecule has 1 aromatic heterocycles. The molecule has 0 saturated carbocycles. The lowest BCUT2D eigenvalue weighted by molar-refractivity contribution is 0.150. The maximum absolute atomic E-state index is 12.4. The number of aromatic nitrogens is 1. The molecule has 1 rings (SSSR count). The van der Waals surface area contributed by atoms with Crippen molar-refractivity contribution in [2.45, 2.75) is 13.3 Å². The van der Waals surface area contributed by atoms with Crippen LogP contribution in [0.3, 0.4) is 0 Å². The fraction of sp³-hybridized carbons (Fsp3) is 0.375. The van der Waals surface area contributed by atoms with Gasteiger partial charge in [0.25, 0.3) is 6.43 Å². The van der Waals surface area contributed by atoms with E-state index >= 15 is 0 Å². The molecule has 1 heterocycles. The number of hydrogen-bond acceptors (Lipinski definition) is 3. The van der Waals surface area contributed by atoms with Crippen LogP contribution in [0.1, 0.15) is 17.6 Å². The Morgan fingerprint density at radius 2 is 2.15 bits per heavy atom. The number of nitrogen functional groups attached to an aromatic ring is 1. The zero-order valence-electron chi connectivity index (χ0n) is 7.34. The van der Waals surface area contributed by atoms with Gasteiger partial charge in [0.05, 0.1) is 7.11 Å². The number of ether oxygens (including phenoxy) is 1. The molecule has 0 atom stereocenters. The van der Waals surface area contributed by atoms with Gasteiger partial charge in [0.15, 0.2) is 0 Å². The molecule has 2 N–H and O–H groups in total. The fourth-order valence-electron chi connectivity index (χ4n) is 0.955. The summed E-state index contributed by atoms with van der Waals surface area (Å²) < 4.78 is 29.5. The van der Waals surface area contributed by atoms with Gasteiger partial charge in [-0.1, -0.05) is 0 Å². The first-order valence-corrected chi connectivity index (χ1v) is 3.65. The van der Waals surface area contributed by atoms with Crippen molar-refractivity contribution in [2.75, 3.05) is 12.8 Å². The molecule has 0 fully saturated rings. The summed E-state index contributed by atoms with van der Waals surface area (Å²) in [6, 6.07) is 1.19. The third-order valence-corrected chi connectivity index (χ3v) is 1.77. The van der Waals surface area contributed by atoms with E-state index in [1.807, 2.05) is 0 Å². The van der Waals surface area contributed by atoms with E-state index in [4.69, 9.17) is 10.5 Å². The number of hydrogen-bond donors (Lipinski definition) is 1. The maximum Gasteiger partial charge on any atom is 0.264 e. The molecule has 0 aromatic carbocycles. The highest BCUT2D eigenvalue weighted by Gasteiger charge is 2.14. The van der Waals surface area contributed by atoms with E-state index in [1.165, 1.54) is 20.1 Å². The number of methoxy groups -OCH3 is 1. The number of pyridine rings is 1. The van der Waals surface area contributed by atoms with Crippen molar-refractivity contribution in [3.63, 3.8) is 0 Å². The third-order valence-electron chi connectivity index (χ3n) is 1.77. The highest BCUT2D eigenvalue weighted by Crippen LogP contribution is 2.28. The summed E-state index contributed by atoms with van der Waals surface area (Å²) in [4.78, 5) is 3.76. The average molecular weight is 188 g/mol. The topological polar surface area (TPSA) is 48.1 Å². The number of nitrogens with two attached hydrogens (primary N) is 1. The lowest BCUT2D eigenvalue weighted by Gasteiger charge is -2.08. The number of anilines is 1. The number of alkyl halides is 2. The minimum Gasteiger partial charge on any atom is -0.481 e. The Morgan fingerprint density at radius 3 is 2.62 bits per heavy atom. The van der Waals surface area contributed by atoms with E-state index in [2.05, 4.69) is 4.98 Å². The van der Waals surface area contributed by atoms with E-state index in [0.717, 1.165) is 0 Å². The molecule has 0 saturated heterocycles. The predicted octanol–water partition coefficient (Wildman–Crippen LogP) is 1.92. The Hall–Kier alpha value is -1.39. The van der Waals surface area contributed by atoms with Crippen molar-refractivity contribution in [3.8, 4) is 5.88 Å². The lowest BCUT2D eigenvalue weighted by atomic mass is 10.1. The molecule has 0 aliphatic heterocycles. The van der Waals surface area contributed by atoms with Gasteiger partial charge in [0.2, 0.25) is 5.88 Å². The molecule has 5 heteroatoms. The van der Waals surface area contributed by atoms with Gasteiger partial charge in [0, 0.05) is 17.2 Å². The summed E-state index contributed by atoms with van der Waals surface area (Å²) >= 11 is 0. The summed E-state index contributed by atoms with van der Waals surface area (Å²) in [5, 5.41) is 0. The summed E-state index contributed by atoms with van der Waals surface area (Å²) in [7, 11) is 1.35. The van der Waals surface area contributed by atoms with Gasteiger partial charge in [-0.25, -0.2) is 8.78 Å². The molecule has 0 bridgehead atoms. The van der Waals surface area contributed by atoms with Gasteiger partial charge in [-0.15, -0.1) is 0 Å². The quantitative estimate of drug-likeness (QED) is 0.771. The maximum atomic E-state index is 12.4. The van der Waals surface area contributed by atoms with Crippen LogP contribution < -0.4 is 10.5 Å². The van der Waals surface area contributed by atoms with Crippen LogP contribution in [0.4, 0.5) is 14.6 Å². The smallest absolute Gasteiger partial charge is 0.264 e. The second kappa shape index (κ2) is 3.55. The Balaban J connectivity index is 3.25. The highest BCUT2D eigenvalue weighted by molar-refractivity contribution is 5.47. The third kappa shape index (κ3) is 1.85. The largest absolute Gasteiger partial charge is 0.481 e. The van der Waals surface area contributed by atoms with Crippen LogP contribution in [0, 0.1) is 6.92 Å². The zero-order valence-corrected chi connectivity index (χ0v) is 7.34. The Bertz CT molecular complexity index is 315. The van der Waals surface area contributed by atoms with Crippen molar-refractivity contribution in [1.29, 1.82) is 0 Å². The molecule has 0 unspecified atom stereocenters. The van der Waals surface area contributed by atoms with Crippen molar-refractivity contribution in [2.24, 2.45) is 0 Å². The monoisotopic (exact) mass is 188 g/mol. The van der Waals surface area contributed by atoms with Gasteiger partial charge in [-0.3, -0.25) is 0 Å². The Morgan fingerprint density at radius 1 is 1.54 bits per heavy atom. The molecule has 0 spiro atoms. The standard InChI is InChI=1S/C8H10F2N2O/c1-4-5(7(9)10)3-6(13-2)12-8(4)11/h3,7H,1-2H3,(H2,11,12). The zero-order chi connectivity index (χ0) is 10.0. The van der Waals surface area contributed by atoms with E-state index in [0.29, 0.717) is 5.56 Å². The van der Waals surface area contributed by atoms with E-state index in [-0.39, 0.29) is 17.3 Å². The molecule has 1 aromatic rings. The van der Waals surface area contributed by atoms with Gasteiger partial charge in [-0.2, -0.15) is 4.98 Å². The van der Waals surface area contributed by atoms with Crippen molar-refractivity contribution < 1.29 is 13.5 Å². The molecule has 72 valence electrons. The molecule has 3 nitrogen and oxygen atoms in total. The van der Waals surface area contributed by atoms with Crippen molar-refractivity contribution >= 4 is 5.82 Å². The minimum absolute atomic E-state index is 0.0784. The Kier molecular flexibility index (Phi) is 2.65. The molecule has 0 aliphatic rings. The van der Waals surface area contributed by atoms with E-state index < -0.39 is 6.43 Å². The first-order chi connectivity index (χ1) is 6.06. The SMILES string of the molecule is COc1cc(C(F)F)c(C)c(N)n1. The fourth-order valence-corrected chi connectivity index (χ4v) is 0.955.